The van der Waals surface area contributed by atoms with Crippen LogP contribution in [0.5, 0.6) is 0 Å². The average Bonchev–Trinajstić information content (AvgIpc) is 3.11. The summed E-state index contributed by atoms with van der Waals surface area (Å²) in [6.07, 6.45) is -3.33. The lowest BCUT2D eigenvalue weighted by atomic mass is 9.98. The molecule has 34 heavy (non-hydrogen) atoms. The van der Waals surface area contributed by atoms with Crippen molar-refractivity contribution in [3.05, 3.63) is 58.3 Å². The van der Waals surface area contributed by atoms with Gasteiger partial charge in [0, 0.05) is 18.5 Å². The standard InChI is InChI=1S/C19H19N7O.C4H7F3/c1-23-9-13-7-12(5-6-20)8-14-15(13)10-26(19(14)27)17-4-2-3-16(25-17)18(22)24-11-21;1-2-3-4(5,6)7/h2-4,7-8,11,23H,5,9-10H2,1H3,(H3,21,22,24);2-3H2,1H3. The summed E-state index contributed by atoms with van der Waals surface area (Å²) in [4.78, 5) is 22.7. The molecular formula is C23H26F3N7O. The van der Waals surface area contributed by atoms with Crippen LogP contribution in [0.2, 0.25) is 0 Å². The lowest BCUT2D eigenvalue weighted by molar-refractivity contribution is -0.134. The second-order valence-electron chi connectivity index (χ2n) is 7.43. The Morgan fingerprint density at radius 1 is 1.41 bits per heavy atom. The molecule has 2 heterocycles. The van der Waals surface area contributed by atoms with Gasteiger partial charge < -0.3 is 11.1 Å². The first-order chi connectivity index (χ1) is 16.1. The van der Waals surface area contributed by atoms with Crippen LogP contribution in [0, 0.1) is 16.7 Å². The van der Waals surface area contributed by atoms with E-state index in [-0.39, 0.29) is 24.6 Å². The first-order valence-corrected chi connectivity index (χ1v) is 10.5. The molecule has 0 bridgehead atoms. The summed E-state index contributed by atoms with van der Waals surface area (Å²) in [6.45, 7) is 2.51. The van der Waals surface area contributed by atoms with Gasteiger partial charge in [-0.1, -0.05) is 19.1 Å². The number of nitrogens with two attached hydrogens (primary N) is 1. The van der Waals surface area contributed by atoms with E-state index in [0.717, 1.165) is 23.0 Å². The molecule has 1 aromatic carbocycles. The summed E-state index contributed by atoms with van der Waals surface area (Å²) in [6, 6.07) is 11.0. The number of hydrogen-bond donors (Lipinski definition) is 3. The number of pyridine rings is 1. The number of fused-ring (bicyclic) bond motifs is 1. The zero-order valence-electron chi connectivity index (χ0n) is 18.9. The first kappa shape index (κ1) is 26.5. The molecule has 0 unspecified atom stereocenters. The number of nitriles is 1. The van der Waals surface area contributed by atoms with Gasteiger partial charge in [0.15, 0.2) is 5.84 Å². The molecule has 8 nitrogen and oxygen atoms in total. The second kappa shape index (κ2) is 11.9. The minimum Gasteiger partial charge on any atom is -0.382 e. The zero-order chi connectivity index (χ0) is 25.3. The van der Waals surface area contributed by atoms with E-state index in [1.807, 2.05) is 13.1 Å². The van der Waals surface area contributed by atoms with Crippen LogP contribution in [0.15, 0.2) is 35.3 Å². The van der Waals surface area contributed by atoms with E-state index in [1.54, 1.807) is 29.2 Å². The van der Waals surface area contributed by atoms with Crippen molar-refractivity contribution in [3.8, 4) is 6.07 Å². The fourth-order valence-corrected chi connectivity index (χ4v) is 3.41. The van der Waals surface area contributed by atoms with Crippen LogP contribution in [0.1, 0.15) is 52.5 Å². The fraction of sp³-hybridized carbons (Fsp3) is 0.348. The lowest BCUT2D eigenvalue weighted by Crippen LogP contribution is -2.25. The van der Waals surface area contributed by atoms with E-state index in [1.165, 1.54) is 6.92 Å². The number of nitrogens with zero attached hydrogens (tertiary/aromatic N) is 4. The van der Waals surface area contributed by atoms with Crippen molar-refractivity contribution in [2.45, 2.75) is 45.5 Å². The minimum absolute atomic E-state index is 0.114. The molecule has 0 atom stereocenters. The smallest absolute Gasteiger partial charge is 0.382 e. The molecule has 180 valence electrons. The topological polar surface area (TPSA) is 131 Å². The largest absolute Gasteiger partial charge is 0.389 e. The highest BCUT2D eigenvalue weighted by Crippen LogP contribution is 2.31. The number of nitrogens with one attached hydrogen (secondary N) is 2. The van der Waals surface area contributed by atoms with Crippen LogP contribution < -0.4 is 16.0 Å². The van der Waals surface area contributed by atoms with Gasteiger partial charge in [-0.05, 0) is 48.4 Å². The van der Waals surface area contributed by atoms with Gasteiger partial charge in [0.2, 0.25) is 0 Å². The quantitative estimate of drug-likeness (QED) is 0.417. The lowest BCUT2D eigenvalue weighted by Gasteiger charge is -2.15. The fourth-order valence-electron chi connectivity index (χ4n) is 3.41. The number of halogens is 3. The number of amidine groups is 1. The number of amides is 1. The van der Waals surface area contributed by atoms with Gasteiger partial charge in [-0.25, -0.2) is 9.98 Å². The van der Waals surface area contributed by atoms with Gasteiger partial charge in [-0.3, -0.25) is 15.1 Å². The van der Waals surface area contributed by atoms with Crippen molar-refractivity contribution >= 4 is 23.9 Å². The molecule has 4 N–H and O–H groups in total. The van der Waals surface area contributed by atoms with Crippen molar-refractivity contribution in [2.24, 2.45) is 10.7 Å². The Bertz CT molecular complexity index is 1110. The van der Waals surface area contributed by atoms with Crippen LogP contribution in [-0.4, -0.2) is 36.3 Å². The Hall–Kier alpha value is -3.78. The molecule has 1 aromatic heterocycles. The zero-order valence-corrected chi connectivity index (χ0v) is 18.9. The van der Waals surface area contributed by atoms with Crippen LogP contribution in [0.25, 0.3) is 0 Å². The number of aliphatic imine (C=N–C) groups is 1. The molecule has 1 aliphatic rings. The number of rotatable bonds is 7. The molecule has 0 saturated carbocycles. The van der Waals surface area contributed by atoms with Crippen LogP contribution >= 0.6 is 0 Å². The normalized spacial score (nSPS) is 13.1. The van der Waals surface area contributed by atoms with E-state index < -0.39 is 12.6 Å². The Morgan fingerprint density at radius 3 is 2.71 bits per heavy atom. The summed E-state index contributed by atoms with van der Waals surface area (Å²) in [5.74, 6) is 0.423. The molecule has 1 amide bonds. The van der Waals surface area contributed by atoms with Crippen molar-refractivity contribution < 1.29 is 18.0 Å². The molecule has 3 rings (SSSR count). The van der Waals surface area contributed by atoms with Crippen molar-refractivity contribution in [2.75, 3.05) is 11.9 Å². The molecule has 0 spiro atoms. The maximum Gasteiger partial charge on any atom is 0.389 e. The van der Waals surface area contributed by atoms with Crippen molar-refractivity contribution in [1.29, 1.82) is 10.7 Å². The number of anilines is 1. The maximum atomic E-state index is 13.0. The van der Waals surface area contributed by atoms with E-state index in [2.05, 4.69) is 21.4 Å². The molecule has 0 radical (unpaired) electrons. The van der Waals surface area contributed by atoms with E-state index in [0.29, 0.717) is 30.2 Å². The molecule has 0 aliphatic carbocycles. The number of aromatic nitrogens is 1. The summed E-state index contributed by atoms with van der Waals surface area (Å²) >= 11 is 0. The Kier molecular flexibility index (Phi) is 9.27. The van der Waals surface area contributed by atoms with Gasteiger partial charge in [-0.2, -0.15) is 18.4 Å². The first-order valence-electron chi connectivity index (χ1n) is 10.5. The molecular weight excluding hydrogens is 447 g/mol. The van der Waals surface area contributed by atoms with E-state index in [4.69, 9.17) is 16.4 Å². The SMILES string of the molecule is CCCC(F)(F)F.CNCc1cc(CC#N)cc2c1CN(c1cccc(C(N)=NC=N)n1)C2=O. The highest BCUT2D eigenvalue weighted by molar-refractivity contribution is 6.10. The van der Waals surface area contributed by atoms with E-state index >= 15 is 0 Å². The highest BCUT2D eigenvalue weighted by Gasteiger charge is 2.32. The molecule has 11 heteroatoms. The van der Waals surface area contributed by atoms with Crippen LogP contribution in [0.4, 0.5) is 19.0 Å². The van der Waals surface area contributed by atoms with Gasteiger partial charge in [-0.15, -0.1) is 0 Å². The Labute approximate surface area is 195 Å². The monoisotopic (exact) mass is 473 g/mol. The number of hydrogen-bond acceptors (Lipinski definition) is 5. The Balaban J connectivity index is 0.000000509. The van der Waals surface area contributed by atoms with E-state index in [9.17, 15) is 18.0 Å². The van der Waals surface area contributed by atoms with Crippen LogP contribution in [0.3, 0.4) is 0 Å². The summed E-state index contributed by atoms with van der Waals surface area (Å²) in [7, 11) is 1.84. The maximum absolute atomic E-state index is 13.0. The third-order valence-electron chi connectivity index (χ3n) is 4.85. The number of benzene rings is 1. The summed E-state index contributed by atoms with van der Waals surface area (Å²) < 4.78 is 33.2. The summed E-state index contributed by atoms with van der Waals surface area (Å²) in [5, 5.41) is 19.1. The van der Waals surface area contributed by atoms with Gasteiger partial charge in [0.05, 0.1) is 19.0 Å². The number of carbonyl (C=O) groups excluding carboxylic acids is 1. The number of alkyl halides is 3. The highest BCUT2D eigenvalue weighted by atomic mass is 19.4. The third-order valence-corrected chi connectivity index (χ3v) is 4.85. The minimum atomic E-state index is -3.95. The van der Waals surface area contributed by atoms with Gasteiger partial charge in [0.25, 0.3) is 5.91 Å². The number of carbonyl (C=O) groups is 1. The van der Waals surface area contributed by atoms with Crippen LogP contribution in [-0.2, 0) is 19.5 Å². The molecule has 0 saturated heterocycles. The molecule has 2 aromatic rings. The molecule has 0 fully saturated rings. The second-order valence-corrected chi connectivity index (χ2v) is 7.43. The Morgan fingerprint density at radius 2 is 2.15 bits per heavy atom. The van der Waals surface area contributed by atoms with Crippen molar-refractivity contribution in [3.63, 3.8) is 0 Å². The van der Waals surface area contributed by atoms with Crippen molar-refractivity contribution in [1.82, 2.24) is 10.3 Å². The van der Waals surface area contributed by atoms with Gasteiger partial charge in [0.1, 0.15) is 17.9 Å². The van der Waals surface area contributed by atoms with Gasteiger partial charge >= 0.3 is 6.18 Å². The third kappa shape index (κ3) is 6.86. The summed E-state index contributed by atoms with van der Waals surface area (Å²) in [5.41, 5.74) is 9.56. The molecule has 1 aliphatic heterocycles. The predicted molar refractivity (Wildman–Crippen MR) is 124 cm³/mol. The predicted octanol–water partition coefficient (Wildman–Crippen LogP) is 3.69. The average molecular weight is 474 g/mol.